The number of hydrogen-bond donors (Lipinski definition) is 0. The highest BCUT2D eigenvalue weighted by Crippen LogP contribution is 2.23. The fraction of sp³-hybridized carbons (Fsp3) is 0.375. The number of ether oxygens (including phenoxy) is 2. The largest absolute Gasteiger partial charge is 0.455 e. The van der Waals surface area contributed by atoms with Gasteiger partial charge in [0.25, 0.3) is 5.89 Å². The van der Waals surface area contributed by atoms with Crippen molar-refractivity contribution in [3.05, 3.63) is 35.7 Å². The molecule has 0 bridgehead atoms. The molecule has 2 heterocycles. The van der Waals surface area contributed by atoms with Crippen LogP contribution >= 0.6 is 0 Å². The molecule has 2 atom stereocenters. The molecule has 0 N–H and O–H groups in total. The maximum absolute atomic E-state index is 12.0. The van der Waals surface area contributed by atoms with Gasteiger partial charge in [-0.15, -0.1) is 10.2 Å². The summed E-state index contributed by atoms with van der Waals surface area (Å²) in [5.74, 6) is -0.0704. The van der Waals surface area contributed by atoms with Gasteiger partial charge in [-0.25, -0.2) is 0 Å². The summed E-state index contributed by atoms with van der Waals surface area (Å²) in [4.78, 5) is 12.0. The molecule has 1 saturated heterocycles. The minimum Gasteiger partial charge on any atom is -0.455 e. The molecule has 23 heavy (non-hydrogen) atoms. The van der Waals surface area contributed by atoms with Crippen molar-refractivity contribution in [3.63, 3.8) is 0 Å². The summed E-state index contributed by atoms with van der Waals surface area (Å²) in [7, 11) is 0. The van der Waals surface area contributed by atoms with Crippen LogP contribution < -0.4 is 0 Å². The van der Waals surface area contributed by atoms with Gasteiger partial charge in [0.2, 0.25) is 5.89 Å². The van der Waals surface area contributed by atoms with Gasteiger partial charge in [-0.3, -0.25) is 4.79 Å². The Morgan fingerprint density at radius 3 is 3.09 bits per heavy atom. The van der Waals surface area contributed by atoms with E-state index in [4.69, 9.17) is 19.2 Å². The Morgan fingerprint density at radius 1 is 1.48 bits per heavy atom. The summed E-state index contributed by atoms with van der Waals surface area (Å²) in [5, 5.41) is 16.7. The molecule has 7 nitrogen and oxygen atoms in total. The molecule has 1 aromatic heterocycles. The topological polar surface area (TPSA) is 98.2 Å². The third-order valence-corrected chi connectivity index (χ3v) is 3.72. The van der Waals surface area contributed by atoms with Gasteiger partial charge in [-0.1, -0.05) is 6.07 Å². The van der Waals surface area contributed by atoms with Crippen molar-refractivity contribution in [3.8, 4) is 17.5 Å². The Balaban J connectivity index is 1.63. The van der Waals surface area contributed by atoms with E-state index in [-0.39, 0.29) is 36.4 Å². The van der Waals surface area contributed by atoms with Crippen molar-refractivity contribution < 1.29 is 18.7 Å². The molecule has 118 valence electrons. The Labute approximate surface area is 132 Å². The van der Waals surface area contributed by atoms with Crippen LogP contribution in [0.2, 0.25) is 0 Å². The highest BCUT2D eigenvalue weighted by molar-refractivity contribution is 5.73. The molecule has 1 aliphatic rings. The van der Waals surface area contributed by atoms with Crippen LogP contribution in [0.3, 0.4) is 0 Å². The van der Waals surface area contributed by atoms with E-state index >= 15 is 0 Å². The Bertz CT molecular complexity index is 750. The number of rotatable bonds is 4. The number of benzene rings is 1. The summed E-state index contributed by atoms with van der Waals surface area (Å²) in [6.45, 7) is 2.35. The zero-order valence-electron chi connectivity index (χ0n) is 12.6. The van der Waals surface area contributed by atoms with E-state index in [9.17, 15) is 4.79 Å². The van der Waals surface area contributed by atoms with Crippen molar-refractivity contribution in [1.29, 1.82) is 5.26 Å². The molecule has 2 aromatic rings. The third-order valence-electron chi connectivity index (χ3n) is 3.72. The zero-order chi connectivity index (χ0) is 16.2. The second-order valence-corrected chi connectivity index (χ2v) is 5.27. The lowest BCUT2D eigenvalue weighted by atomic mass is 10.0. The first-order valence-corrected chi connectivity index (χ1v) is 7.28. The molecule has 0 spiro atoms. The lowest BCUT2D eigenvalue weighted by Crippen LogP contribution is -2.23. The number of aromatic nitrogens is 2. The number of nitrogens with zero attached hydrogens (tertiary/aromatic N) is 3. The number of hydrogen-bond acceptors (Lipinski definition) is 7. The van der Waals surface area contributed by atoms with Crippen LogP contribution in [0.1, 0.15) is 24.8 Å². The highest BCUT2D eigenvalue weighted by Gasteiger charge is 2.32. The highest BCUT2D eigenvalue weighted by atomic mass is 16.5. The van der Waals surface area contributed by atoms with Crippen molar-refractivity contribution in [2.24, 2.45) is 5.92 Å². The van der Waals surface area contributed by atoms with Gasteiger partial charge in [-0.05, 0) is 31.5 Å². The average Bonchev–Trinajstić information content (AvgIpc) is 3.21. The minimum atomic E-state index is -0.318. The molecule has 0 radical (unpaired) electrons. The Morgan fingerprint density at radius 2 is 2.35 bits per heavy atom. The van der Waals surface area contributed by atoms with Crippen LogP contribution in [0.5, 0.6) is 0 Å². The minimum absolute atomic E-state index is 0.0764. The van der Waals surface area contributed by atoms with E-state index < -0.39 is 0 Å². The SMILES string of the molecule is CC1OCCC1C(=O)OCc1nnc(-c2cccc(C#N)c2)o1. The maximum atomic E-state index is 12.0. The van der Waals surface area contributed by atoms with Crippen LogP contribution in [0.15, 0.2) is 28.7 Å². The van der Waals surface area contributed by atoms with Gasteiger partial charge in [-0.2, -0.15) is 5.26 Å². The van der Waals surface area contributed by atoms with Crippen LogP contribution in [0, 0.1) is 17.2 Å². The van der Waals surface area contributed by atoms with Gasteiger partial charge < -0.3 is 13.9 Å². The zero-order valence-corrected chi connectivity index (χ0v) is 12.6. The second kappa shape index (κ2) is 6.58. The molecule has 0 aliphatic carbocycles. The van der Waals surface area contributed by atoms with E-state index in [2.05, 4.69) is 10.2 Å². The van der Waals surface area contributed by atoms with Gasteiger partial charge in [0.1, 0.15) is 0 Å². The fourth-order valence-electron chi connectivity index (χ4n) is 2.43. The molecule has 3 rings (SSSR count). The fourth-order valence-corrected chi connectivity index (χ4v) is 2.43. The summed E-state index contributed by atoms with van der Waals surface area (Å²) in [6.07, 6.45) is 0.533. The standard InChI is InChI=1S/C16H15N3O4/c1-10-13(5-6-21-10)16(20)22-9-14-18-19-15(23-14)12-4-2-3-11(7-12)8-17/h2-4,7,10,13H,5-6,9H2,1H3. The van der Waals surface area contributed by atoms with Crippen LogP contribution in [0.4, 0.5) is 0 Å². The van der Waals surface area contributed by atoms with Crippen molar-refractivity contribution in [2.45, 2.75) is 26.1 Å². The molecule has 0 saturated carbocycles. The number of nitriles is 1. The van der Waals surface area contributed by atoms with Crippen molar-refractivity contribution in [1.82, 2.24) is 10.2 Å². The molecular formula is C16H15N3O4. The summed E-state index contributed by atoms with van der Waals surface area (Å²) in [6, 6.07) is 8.89. The molecule has 1 fully saturated rings. The second-order valence-electron chi connectivity index (χ2n) is 5.27. The van der Waals surface area contributed by atoms with Gasteiger partial charge in [0, 0.05) is 12.2 Å². The molecule has 2 unspecified atom stereocenters. The Kier molecular flexibility index (Phi) is 4.35. The predicted molar refractivity (Wildman–Crippen MR) is 77.8 cm³/mol. The summed E-state index contributed by atoms with van der Waals surface area (Å²) >= 11 is 0. The summed E-state index contributed by atoms with van der Waals surface area (Å²) < 4.78 is 16.0. The normalized spacial score (nSPS) is 20.2. The molecule has 1 aromatic carbocycles. The van der Waals surface area contributed by atoms with E-state index in [0.717, 1.165) is 0 Å². The first-order valence-electron chi connectivity index (χ1n) is 7.28. The molecule has 1 aliphatic heterocycles. The third kappa shape index (κ3) is 3.38. The first-order chi connectivity index (χ1) is 11.2. The average molecular weight is 313 g/mol. The maximum Gasteiger partial charge on any atom is 0.312 e. The quantitative estimate of drug-likeness (QED) is 0.797. The summed E-state index contributed by atoms with van der Waals surface area (Å²) in [5.41, 5.74) is 1.15. The van der Waals surface area contributed by atoms with Crippen LogP contribution in [-0.4, -0.2) is 28.9 Å². The van der Waals surface area contributed by atoms with E-state index in [1.807, 2.05) is 13.0 Å². The van der Waals surface area contributed by atoms with Gasteiger partial charge in [0.15, 0.2) is 6.61 Å². The number of esters is 1. The lowest BCUT2D eigenvalue weighted by molar-refractivity contribution is -0.152. The number of carbonyl (C=O) groups excluding carboxylic acids is 1. The monoisotopic (exact) mass is 313 g/mol. The van der Waals surface area contributed by atoms with E-state index in [0.29, 0.717) is 24.2 Å². The predicted octanol–water partition coefficient (Wildman–Crippen LogP) is 2.08. The van der Waals surface area contributed by atoms with Crippen molar-refractivity contribution in [2.75, 3.05) is 6.61 Å². The first kappa shape index (κ1) is 15.2. The molecular weight excluding hydrogens is 298 g/mol. The van der Waals surface area contributed by atoms with Crippen molar-refractivity contribution >= 4 is 5.97 Å². The Hall–Kier alpha value is -2.72. The van der Waals surface area contributed by atoms with Crippen LogP contribution in [-0.2, 0) is 20.9 Å². The van der Waals surface area contributed by atoms with E-state index in [1.54, 1.807) is 24.3 Å². The van der Waals surface area contributed by atoms with E-state index in [1.165, 1.54) is 0 Å². The lowest BCUT2D eigenvalue weighted by Gasteiger charge is -2.11. The smallest absolute Gasteiger partial charge is 0.312 e. The molecule has 0 amide bonds. The molecule has 7 heteroatoms. The van der Waals surface area contributed by atoms with Crippen LogP contribution in [0.25, 0.3) is 11.5 Å². The number of carbonyl (C=O) groups is 1. The van der Waals surface area contributed by atoms with Gasteiger partial charge >= 0.3 is 5.97 Å². The van der Waals surface area contributed by atoms with Gasteiger partial charge in [0.05, 0.1) is 23.7 Å².